The van der Waals surface area contributed by atoms with Crippen LogP contribution in [0.5, 0.6) is 0 Å². The molecule has 3 heterocycles. The van der Waals surface area contributed by atoms with Gasteiger partial charge in [-0.1, -0.05) is 0 Å². The Morgan fingerprint density at radius 1 is 1.32 bits per heavy atom. The lowest BCUT2D eigenvalue weighted by molar-refractivity contribution is 0.125. The fourth-order valence-corrected chi connectivity index (χ4v) is 4.59. The number of halogens is 1. The highest BCUT2D eigenvalue weighted by Crippen LogP contribution is 2.30. The summed E-state index contributed by atoms with van der Waals surface area (Å²) in [6.07, 6.45) is 2.82. The topological polar surface area (TPSA) is 125 Å². The normalized spacial score (nSPS) is 12.9. The van der Waals surface area contributed by atoms with Crippen molar-refractivity contribution >= 4 is 53.8 Å². The van der Waals surface area contributed by atoms with Crippen molar-refractivity contribution in [2.75, 3.05) is 18.6 Å². The van der Waals surface area contributed by atoms with Gasteiger partial charge < -0.3 is 15.0 Å². The van der Waals surface area contributed by atoms with Gasteiger partial charge in [0.15, 0.2) is 5.82 Å². The monoisotopic (exact) mass is 470 g/mol. The zero-order valence-electron chi connectivity index (χ0n) is 16.2. The molecule has 0 bridgehead atoms. The van der Waals surface area contributed by atoms with Gasteiger partial charge in [0.05, 0.1) is 11.8 Å². The van der Waals surface area contributed by atoms with Crippen LogP contribution in [-0.2, 0) is 27.9 Å². The molecule has 0 saturated carbocycles. The number of anilines is 1. The van der Waals surface area contributed by atoms with Crippen LogP contribution in [0.1, 0.15) is 26.6 Å². The lowest BCUT2D eigenvalue weighted by Gasteiger charge is -2.27. The molecule has 11 heteroatoms. The molecule has 3 aromatic heterocycles. The van der Waals surface area contributed by atoms with Crippen molar-refractivity contribution in [3.63, 3.8) is 0 Å². The van der Waals surface area contributed by atoms with Gasteiger partial charge in [-0.15, -0.1) is 0 Å². The summed E-state index contributed by atoms with van der Waals surface area (Å²) in [7, 11) is -3.40. The third kappa shape index (κ3) is 4.43. The Morgan fingerprint density at radius 3 is 2.68 bits per heavy atom. The number of fused-ring (bicyclic) bond motifs is 3. The summed E-state index contributed by atoms with van der Waals surface area (Å²) in [4.78, 5) is 13.5. The summed E-state index contributed by atoms with van der Waals surface area (Å²) in [5, 5.41) is 0. The Morgan fingerprint density at radius 2 is 2.04 bits per heavy atom. The van der Waals surface area contributed by atoms with Gasteiger partial charge in [0.25, 0.3) is 0 Å². The molecule has 0 aliphatic heterocycles. The number of ether oxygens (including phenoxy) is 1. The Kier molecular flexibility index (Phi) is 5.63. The van der Waals surface area contributed by atoms with Crippen molar-refractivity contribution < 1.29 is 13.2 Å². The number of nitrogens with two attached hydrogens (primary N) is 1. The number of hydrogen-bond donors (Lipinski definition) is 2. The highest BCUT2D eigenvalue weighted by molar-refractivity contribution is 9.10. The first-order chi connectivity index (χ1) is 13.0. The molecule has 0 fully saturated rings. The zero-order chi connectivity index (χ0) is 20.7. The molecule has 0 aliphatic carbocycles. The summed E-state index contributed by atoms with van der Waals surface area (Å²) < 4.78 is 34.5. The van der Waals surface area contributed by atoms with Gasteiger partial charge in [-0.2, -0.15) is 0 Å². The number of nitrogen functional groups attached to an aromatic ring is 1. The molecule has 3 N–H and O–H groups in total. The minimum Gasteiger partial charge on any atom is -0.382 e. The number of aromatic nitrogens is 4. The second-order valence-corrected chi connectivity index (χ2v) is 9.89. The first kappa shape index (κ1) is 20.9. The molecule has 9 nitrogen and oxygen atoms in total. The van der Waals surface area contributed by atoms with Crippen LogP contribution in [0.15, 0.2) is 16.7 Å². The summed E-state index contributed by atoms with van der Waals surface area (Å²) in [5.41, 5.74) is 7.87. The van der Waals surface area contributed by atoms with Crippen molar-refractivity contribution in [1.82, 2.24) is 24.2 Å². The molecule has 0 atom stereocenters. The molecule has 0 aromatic carbocycles. The van der Waals surface area contributed by atoms with E-state index < -0.39 is 15.6 Å². The zero-order valence-corrected chi connectivity index (χ0v) is 18.6. The molecule has 0 unspecified atom stereocenters. The SMILES string of the molecule is CCOCc1nc2c(N)nc3cc(Br)cnc3c2n1CC(C)(C)NS(C)(=O)=O. The van der Waals surface area contributed by atoms with Gasteiger partial charge in [0, 0.05) is 29.4 Å². The van der Waals surface area contributed by atoms with Crippen LogP contribution in [0.3, 0.4) is 0 Å². The second-order valence-electron chi connectivity index (χ2n) is 7.22. The predicted molar refractivity (Wildman–Crippen MR) is 112 cm³/mol. The van der Waals surface area contributed by atoms with Crippen LogP contribution in [0.25, 0.3) is 22.1 Å². The number of nitrogens with zero attached hydrogens (tertiary/aromatic N) is 4. The Balaban J connectivity index is 2.26. The highest BCUT2D eigenvalue weighted by atomic mass is 79.9. The van der Waals surface area contributed by atoms with Gasteiger partial charge >= 0.3 is 0 Å². The van der Waals surface area contributed by atoms with E-state index in [1.54, 1.807) is 20.0 Å². The molecule has 0 aliphatic rings. The standard InChI is InChI=1S/C17H23BrN6O3S/c1-5-27-8-12-22-14-15(24(12)9-17(2,3)23-28(4,25)26)13-11(21-16(14)19)6-10(18)7-20-13/h6-7,23H,5,8-9H2,1-4H3,(H2,19,21). The van der Waals surface area contributed by atoms with Gasteiger partial charge in [0.1, 0.15) is 29.0 Å². The molecular weight excluding hydrogens is 448 g/mol. The van der Waals surface area contributed by atoms with E-state index in [1.807, 2.05) is 17.6 Å². The minimum absolute atomic E-state index is 0.262. The van der Waals surface area contributed by atoms with E-state index in [9.17, 15) is 8.42 Å². The molecule has 0 spiro atoms. The van der Waals surface area contributed by atoms with Crippen LogP contribution >= 0.6 is 15.9 Å². The first-order valence-electron chi connectivity index (χ1n) is 8.67. The molecule has 0 saturated heterocycles. The molecule has 0 radical (unpaired) electrons. The van der Waals surface area contributed by atoms with Crippen LogP contribution < -0.4 is 10.5 Å². The average molecular weight is 471 g/mol. The lowest BCUT2D eigenvalue weighted by atomic mass is 10.1. The van der Waals surface area contributed by atoms with E-state index in [0.717, 1.165) is 10.7 Å². The van der Waals surface area contributed by atoms with Gasteiger partial charge in [-0.3, -0.25) is 4.98 Å². The maximum absolute atomic E-state index is 11.8. The number of sulfonamides is 1. The predicted octanol–water partition coefficient (Wildman–Crippen LogP) is 2.19. The summed E-state index contributed by atoms with van der Waals surface area (Å²) in [6, 6.07) is 1.83. The summed E-state index contributed by atoms with van der Waals surface area (Å²) >= 11 is 3.40. The van der Waals surface area contributed by atoms with Gasteiger partial charge in [0.2, 0.25) is 10.0 Å². The van der Waals surface area contributed by atoms with E-state index in [4.69, 9.17) is 10.5 Å². The Hall–Kier alpha value is -1.82. The molecule has 3 rings (SSSR count). The number of pyridine rings is 2. The van der Waals surface area contributed by atoms with E-state index in [-0.39, 0.29) is 12.4 Å². The van der Waals surface area contributed by atoms with Gasteiger partial charge in [-0.25, -0.2) is 23.1 Å². The highest BCUT2D eigenvalue weighted by Gasteiger charge is 2.27. The van der Waals surface area contributed by atoms with Crippen molar-refractivity contribution in [3.8, 4) is 0 Å². The fourth-order valence-electron chi connectivity index (χ4n) is 3.20. The first-order valence-corrected chi connectivity index (χ1v) is 11.4. The molecule has 0 amide bonds. The van der Waals surface area contributed by atoms with E-state index in [0.29, 0.717) is 41.0 Å². The van der Waals surface area contributed by atoms with Crippen LogP contribution in [0.4, 0.5) is 5.82 Å². The molecule has 28 heavy (non-hydrogen) atoms. The number of nitrogens with one attached hydrogen (secondary N) is 1. The van der Waals surface area contributed by atoms with Crippen molar-refractivity contribution in [2.24, 2.45) is 0 Å². The maximum atomic E-state index is 11.8. The molecule has 152 valence electrons. The lowest BCUT2D eigenvalue weighted by Crippen LogP contribution is -2.46. The van der Waals surface area contributed by atoms with Crippen molar-refractivity contribution in [3.05, 3.63) is 22.6 Å². The number of rotatable bonds is 7. The quantitative estimate of drug-likeness (QED) is 0.541. The van der Waals surface area contributed by atoms with Crippen LogP contribution in [0, 0.1) is 0 Å². The van der Waals surface area contributed by atoms with Crippen molar-refractivity contribution in [1.29, 1.82) is 0 Å². The largest absolute Gasteiger partial charge is 0.382 e. The van der Waals surface area contributed by atoms with E-state index in [1.165, 1.54) is 0 Å². The van der Waals surface area contributed by atoms with E-state index in [2.05, 4.69) is 35.6 Å². The molecular formula is C17H23BrN6O3S. The minimum atomic E-state index is -3.40. The van der Waals surface area contributed by atoms with Crippen molar-refractivity contribution in [2.45, 2.75) is 39.5 Å². The molecule has 3 aromatic rings. The Labute approximate surface area is 171 Å². The van der Waals surface area contributed by atoms with Crippen LogP contribution in [-0.4, -0.2) is 46.3 Å². The fraction of sp³-hybridized carbons (Fsp3) is 0.471. The van der Waals surface area contributed by atoms with E-state index >= 15 is 0 Å². The Bertz CT molecular complexity index is 1140. The third-order valence-corrected chi connectivity index (χ3v) is 5.40. The maximum Gasteiger partial charge on any atom is 0.209 e. The van der Waals surface area contributed by atoms with Crippen LogP contribution in [0.2, 0.25) is 0 Å². The summed E-state index contributed by atoms with van der Waals surface area (Å²) in [6.45, 7) is 6.61. The summed E-state index contributed by atoms with van der Waals surface area (Å²) in [5.74, 6) is 0.915. The average Bonchev–Trinajstić information content (AvgIpc) is 2.89. The number of imidazole rings is 1. The van der Waals surface area contributed by atoms with Gasteiger partial charge in [-0.05, 0) is 42.8 Å². The third-order valence-electron chi connectivity index (χ3n) is 4.04. The number of hydrogen-bond acceptors (Lipinski definition) is 7. The smallest absolute Gasteiger partial charge is 0.209 e. The second kappa shape index (κ2) is 7.54.